The first kappa shape index (κ1) is 19.4. The highest BCUT2D eigenvalue weighted by Gasteiger charge is 2.14. The van der Waals surface area contributed by atoms with Gasteiger partial charge in [0.15, 0.2) is 0 Å². The summed E-state index contributed by atoms with van der Waals surface area (Å²) in [4.78, 5) is 10.0. The Morgan fingerprint density at radius 3 is 1.67 bits per heavy atom. The molecule has 0 aromatic carbocycles. The van der Waals surface area contributed by atoms with E-state index in [-0.39, 0.29) is 5.92 Å². The van der Waals surface area contributed by atoms with Crippen molar-refractivity contribution in [2.45, 2.75) is 19.9 Å². The lowest BCUT2D eigenvalue weighted by Crippen LogP contribution is -2.34. The third-order valence-corrected chi connectivity index (χ3v) is 2.06. The van der Waals surface area contributed by atoms with Crippen molar-refractivity contribution in [3.05, 3.63) is 22.9 Å². The van der Waals surface area contributed by atoms with Crippen LogP contribution in [0.25, 0.3) is 0 Å². The van der Waals surface area contributed by atoms with E-state index in [0.29, 0.717) is 0 Å². The minimum absolute atomic E-state index is 0.0208. The summed E-state index contributed by atoms with van der Waals surface area (Å²) >= 11 is 1.71. The summed E-state index contributed by atoms with van der Waals surface area (Å²) < 4.78 is 18.8. The Balaban J connectivity index is 0. The van der Waals surface area contributed by atoms with E-state index >= 15 is 0 Å². The zero-order valence-corrected chi connectivity index (χ0v) is 12.2. The summed E-state index contributed by atoms with van der Waals surface area (Å²) in [5.41, 5.74) is 5.16. The molecule has 1 heterocycles. The number of carboxylic acid groups (broad SMARTS) is 1. The summed E-state index contributed by atoms with van der Waals surface area (Å²) in [7, 11) is -3.17. The second-order valence-corrected chi connectivity index (χ2v) is 6.21. The first-order valence-electron chi connectivity index (χ1n) is 4.99. The molecule has 8 heteroatoms. The fourth-order valence-corrected chi connectivity index (χ4v) is 0.966. The van der Waals surface area contributed by atoms with Gasteiger partial charge in [-0.25, -0.2) is 13.6 Å². The van der Waals surface area contributed by atoms with Crippen LogP contribution in [0.1, 0.15) is 13.8 Å². The molecule has 18 heavy (non-hydrogen) atoms. The van der Waals surface area contributed by atoms with E-state index in [2.05, 4.69) is 5.14 Å². The molecule has 1 atom stereocenters. The molecule has 1 aromatic heterocycles. The highest BCUT2D eigenvalue weighted by Crippen LogP contribution is 1.96. The van der Waals surface area contributed by atoms with Crippen molar-refractivity contribution in [2.75, 3.05) is 6.26 Å². The molecular weight excluding hydrogens is 276 g/mol. The van der Waals surface area contributed by atoms with Gasteiger partial charge >= 0.3 is 5.97 Å². The zero-order chi connectivity index (χ0) is 14.8. The van der Waals surface area contributed by atoms with Crippen LogP contribution in [0.15, 0.2) is 22.9 Å². The lowest BCUT2D eigenvalue weighted by Gasteiger charge is -2.07. The summed E-state index contributed by atoms with van der Waals surface area (Å²) in [6, 6.07) is 3.32. The predicted octanol–water partition coefficient (Wildman–Crippen LogP) is 0.707. The Morgan fingerprint density at radius 1 is 1.28 bits per heavy atom. The highest BCUT2D eigenvalue weighted by atomic mass is 32.2. The number of carboxylic acids is 1. The normalized spacial score (nSPS) is 11.7. The Morgan fingerprint density at radius 2 is 1.61 bits per heavy atom. The van der Waals surface area contributed by atoms with Gasteiger partial charge in [-0.2, -0.15) is 11.3 Å². The van der Waals surface area contributed by atoms with Gasteiger partial charge in [-0.3, -0.25) is 4.79 Å². The van der Waals surface area contributed by atoms with Gasteiger partial charge in [-0.05, 0) is 16.7 Å². The maximum Gasteiger partial charge on any atom is 0.320 e. The third-order valence-electron chi connectivity index (χ3n) is 1.43. The van der Waals surface area contributed by atoms with Gasteiger partial charge in [-0.1, -0.05) is 26.0 Å². The number of hydrogen-bond acceptors (Lipinski definition) is 5. The van der Waals surface area contributed by atoms with Gasteiger partial charge in [0.1, 0.15) is 6.04 Å². The average Bonchev–Trinajstić information content (AvgIpc) is 2.71. The largest absolute Gasteiger partial charge is 0.480 e. The molecule has 0 spiro atoms. The molecule has 5 N–H and O–H groups in total. The first-order chi connectivity index (χ1) is 8.05. The van der Waals surface area contributed by atoms with Crippen LogP contribution in [-0.4, -0.2) is 31.8 Å². The Labute approximate surface area is 112 Å². The summed E-state index contributed by atoms with van der Waals surface area (Å²) in [6.07, 6.45) is 0.938. The van der Waals surface area contributed by atoms with E-state index < -0.39 is 22.0 Å². The molecular formula is C10H20N2O4S2. The van der Waals surface area contributed by atoms with Gasteiger partial charge in [0.2, 0.25) is 10.0 Å². The van der Waals surface area contributed by atoms with Crippen molar-refractivity contribution >= 4 is 27.3 Å². The zero-order valence-electron chi connectivity index (χ0n) is 10.6. The molecule has 0 fully saturated rings. The maximum atomic E-state index is 10.0. The third kappa shape index (κ3) is 20.5. The number of carbonyl (C=O) groups is 1. The molecule has 1 rings (SSSR count). The summed E-state index contributed by atoms with van der Waals surface area (Å²) in [5, 5.41) is 16.6. The molecule has 0 radical (unpaired) electrons. The number of hydrogen-bond donors (Lipinski definition) is 3. The maximum absolute atomic E-state index is 10.0. The van der Waals surface area contributed by atoms with Crippen LogP contribution in [0.2, 0.25) is 0 Å². The number of aliphatic carboxylic acids is 1. The van der Waals surface area contributed by atoms with Crippen LogP contribution in [-0.2, 0) is 14.8 Å². The second kappa shape index (κ2) is 10.0. The van der Waals surface area contributed by atoms with Gasteiger partial charge in [0, 0.05) is 0 Å². The average molecular weight is 296 g/mol. The van der Waals surface area contributed by atoms with Crippen molar-refractivity contribution in [3.8, 4) is 0 Å². The molecule has 106 valence electrons. The SMILES string of the molecule is CC(C)[C@H](N)C(=O)O.CS(N)(=O)=O.c1ccsc1. The molecule has 0 aliphatic heterocycles. The van der Waals surface area contributed by atoms with E-state index in [1.54, 1.807) is 25.2 Å². The monoisotopic (exact) mass is 296 g/mol. The van der Waals surface area contributed by atoms with Crippen molar-refractivity contribution in [1.29, 1.82) is 0 Å². The predicted molar refractivity (Wildman–Crippen MR) is 73.8 cm³/mol. The van der Waals surface area contributed by atoms with Gasteiger partial charge in [0.25, 0.3) is 0 Å². The van der Waals surface area contributed by atoms with Crippen molar-refractivity contribution < 1.29 is 18.3 Å². The standard InChI is InChI=1S/C5H11NO2.C4H4S.CH5NO2S/c1-3(2)4(6)5(7)8;1-2-4-5-3-1;1-5(2,3)4/h3-4H,6H2,1-2H3,(H,7,8);1-4H;1H3,(H2,2,3,4)/t4-;;/m0../s1. The Kier molecular flexibility index (Phi) is 10.8. The van der Waals surface area contributed by atoms with E-state index in [1.807, 2.05) is 22.9 Å². The molecule has 0 aliphatic carbocycles. The molecule has 0 bridgehead atoms. The van der Waals surface area contributed by atoms with Crippen LogP contribution in [0.3, 0.4) is 0 Å². The Hall–Kier alpha value is -0.960. The van der Waals surface area contributed by atoms with E-state index in [0.717, 1.165) is 6.26 Å². The molecule has 0 saturated heterocycles. The molecule has 1 aromatic rings. The van der Waals surface area contributed by atoms with Gasteiger partial charge in [-0.15, -0.1) is 0 Å². The molecule has 0 aliphatic rings. The van der Waals surface area contributed by atoms with Crippen LogP contribution in [0.4, 0.5) is 0 Å². The lowest BCUT2D eigenvalue weighted by molar-refractivity contribution is -0.139. The Bertz CT molecular complexity index is 376. The number of thiophene rings is 1. The number of rotatable bonds is 2. The van der Waals surface area contributed by atoms with Crippen LogP contribution in [0, 0.1) is 5.92 Å². The van der Waals surface area contributed by atoms with Crippen LogP contribution >= 0.6 is 11.3 Å². The number of sulfonamides is 1. The van der Waals surface area contributed by atoms with E-state index in [4.69, 9.17) is 10.8 Å². The van der Waals surface area contributed by atoms with E-state index in [9.17, 15) is 13.2 Å². The minimum atomic E-state index is -3.17. The van der Waals surface area contributed by atoms with Crippen molar-refractivity contribution in [3.63, 3.8) is 0 Å². The van der Waals surface area contributed by atoms with Crippen molar-refractivity contribution in [2.24, 2.45) is 16.8 Å². The quantitative estimate of drug-likeness (QED) is 0.741. The lowest BCUT2D eigenvalue weighted by atomic mass is 10.1. The summed E-state index contributed by atoms with van der Waals surface area (Å²) in [6.45, 7) is 3.55. The smallest absolute Gasteiger partial charge is 0.320 e. The molecule has 0 unspecified atom stereocenters. The van der Waals surface area contributed by atoms with E-state index in [1.165, 1.54) is 0 Å². The molecule has 0 saturated carbocycles. The van der Waals surface area contributed by atoms with Crippen LogP contribution in [0.5, 0.6) is 0 Å². The second-order valence-electron chi connectivity index (χ2n) is 3.73. The minimum Gasteiger partial charge on any atom is -0.480 e. The fraction of sp³-hybridized carbons (Fsp3) is 0.500. The summed E-state index contributed by atoms with van der Waals surface area (Å²) in [5.74, 6) is -0.910. The first-order valence-corrected chi connectivity index (χ1v) is 7.88. The van der Waals surface area contributed by atoms with Gasteiger partial charge < -0.3 is 10.8 Å². The van der Waals surface area contributed by atoms with Gasteiger partial charge in [0.05, 0.1) is 6.26 Å². The molecule has 6 nitrogen and oxygen atoms in total. The number of primary sulfonamides is 1. The number of nitrogens with two attached hydrogens (primary N) is 2. The highest BCUT2D eigenvalue weighted by molar-refractivity contribution is 7.88. The van der Waals surface area contributed by atoms with Crippen molar-refractivity contribution in [1.82, 2.24) is 0 Å². The fourth-order valence-electron chi connectivity index (χ4n) is 0.512. The topological polar surface area (TPSA) is 123 Å². The molecule has 0 amide bonds. The van der Waals surface area contributed by atoms with Crippen LogP contribution < -0.4 is 10.9 Å².